The van der Waals surface area contributed by atoms with Gasteiger partial charge in [-0.1, -0.05) is 37.3 Å². The van der Waals surface area contributed by atoms with Gasteiger partial charge in [0, 0.05) is 5.30 Å². The Bertz CT molecular complexity index is 374. The van der Waals surface area contributed by atoms with Crippen LogP contribution in [0, 0.1) is 0 Å². The molecule has 1 atom stereocenters. The molecule has 1 aromatic carbocycles. The van der Waals surface area contributed by atoms with Gasteiger partial charge in [0.25, 0.3) is 6.10 Å². The first-order chi connectivity index (χ1) is 8.66. The predicted molar refractivity (Wildman–Crippen MR) is 60.5 cm³/mol. The summed E-state index contributed by atoms with van der Waals surface area (Å²) in [5.74, 6) is 0. The van der Waals surface area contributed by atoms with Crippen LogP contribution in [0.2, 0.25) is 0 Å². The molecule has 0 aliphatic heterocycles. The molecule has 0 fully saturated rings. The van der Waals surface area contributed by atoms with Crippen molar-refractivity contribution in [2.45, 2.75) is 25.4 Å². The molecule has 0 aliphatic rings. The minimum absolute atomic E-state index is 0.0714. The summed E-state index contributed by atoms with van der Waals surface area (Å²) in [7, 11) is -1.96. The number of alkyl halides is 6. The SMILES string of the molecule is CCP(OC(C(F)(F)F)C(F)(F)F)c1ccccc1. The topological polar surface area (TPSA) is 9.23 Å². The molecule has 1 rings (SSSR count). The quantitative estimate of drug-likeness (QED) is 0.597. The van der Waals surface area contributed by atoms with Gasteiger partial charge in [-0.2, -0.15) is 26.3 Å². The number of hydrogen-bond donors (Lipinski definition) is 0. The minimum Gasteiger partial charge on any atom is -0.333 e. The Morgan fingerprint density at radius 2 is 1.47 bits per heavy atom. The number of benzene rings is 1. The standard InChI is InChI=1S/C11H11F6OP/c1-2-19(8-6-4-3-5-7-8)18-9(10(12,13)14)11(15,16)17/h3-7,9H,2H2,1H3. The molecule has 1 nitrogen and oxygen atoms in total. The molecule has 0 saturated carbocycles. The van der Waals surface area contributed by atoms with E-state index in [2.05, 4.69) is 4.52 Å². The fraction of sp³-hybridized carbons (Fsp3) is 0.455. The van der Waals surface area contributed by atoms with Gasteiger partial charge in [0.1, 0.15) is 0 Å². The average molecular weight is 304 g/mol. The van der Waals surface area contributed by atoms with Crippen LogP contribution in [0.5, 0.6) is 0 Å². The van der Waals surface area contributed by atoms with E-state index in [1.54, 1.807) is 18.2 Å². The molecule has 8 heteroatoms. The van der Waals surface area contributed by atoms with Crippen LogP contribution in [0.1, 0.15) is 6.92 Å². The van der Waals surface area contributed by atoms with Gasteiger partial charge in [-0.05, 0) is 6.16 Å². The summed E-state index contributed by atoms with van der Waals surface area (Å²) in [6, 6.07) is 7.62. The summed E-state index contributed by atoms with van der Waals surface area (Å²) in [4.78, 5) is 0. The second-order valence-electron chi connectivity index (χ2n) is 3.60. The molecule has 0 aromatic heterocycles. The molecule has 0 amide bonds. The zero-order valence-corrected chi connectivity index (χ0v) is 10.7. The number of hydrogen-bond acceptors (Lipinski definition) is 1. The fourth-order valence-corrected chi connectivity index (χ4v) is 2.98. The molecule has 1 unspecified atom stereocenters. The maximum absolute atomic E-state index is 12.4. The normalized spacial score (nSPS) is 14.7. The zero-order valence-electron chi connectivity index (χ0n) is 9.79. The highest BCUT2D eigenvalue weighted by Gasteiger charge is 2.58. The Labute approximate surface area is 107 Å². The minimum atomic E-state index is -5.47. The van der Waals surface area contributed by atoms with Gasteiger partial charge in [0.2, 0.25) is 0 Å². The third-order valence-corrected chi connectivity index (χ3v) is 4.07. The molecular formula is C11H11F6OP. The lowest BCUT2D eigenvalue weighted by atomic mass is 10.3. The Hall–Kier alpha value is -0.810. The Kier molecular flexibility index (Phi) is 5.21. The van der Waals surface area contributed by atoms with E-state index in [0.717, 1.165) is 0 Å². The Morgan fingerprint density at radius 1 is 1.00 bits per heavy atom. The molecule has 0 bridgehead atoms. The fourth-order valence-electron chi connectivity index (χ4n) is 1.34. The zero-order chi connectivity index (χ0) is 14.7. The molecule has 0 heterocycles. The molecule has 0 saturated heterocycles. The van der Waals surface area contributed by atoms with E-state index in [1.165, 1.54) is 19.1 Å². The molecule has 0 spiro atoms. The van der Waals surface area contributed by atoms with Gasteiger partial charge >= 0.3 is 12.4 Å². The summed E-state index contributed by atoms with van der Waals surface area (Å²) >= 11 is 0. The molecule has 0 N–H and O–H groups in total. The summed E-state index contributed by atoms with van der Waals surface area (Å²) in [5.41, 5.74) is 0. The van der Waals surface area contributed by atoms with E-state index >= 15 is 0 Å². The van der Waals surface area contributed by atoms with Gasteiger partial charge in [-0.15, -0.1) is 0 Å². The molecule has 0 radical (unpaired) electrons. The van der Waals surface area contributed by atoms with Gasteiger partial charge in [-0.25, -0.2) is 0 Å². The van der Waals surface area contributed by atoms with Crippen molar-refractivity contribution in [2.75, 3.05) is 6.16 Å². The van der Waals surface area contributed by atoms with Gasteiger partial charge < -0.3 is 4.52 Å². The highest BCUT2D eigenvalue weighted by molar-refractivity contribution is 7.60. The molecular weight excluding hydrogens is 293 g/mol. The Morgan fingerprint density at radius 3 is 1.84 bits per heavy atom. The number of halogens is 6. The first-order valence-corrected chi connectivity index (χ1v) is 6.73. The highest BCUT2D eigenvalue weighted by Crippen LogP contribution is 2.45. The monoisotopic (exact) mass is 304 g/mol. The van der Waals surface area contributed by atoms with Crippen molar-refractivity contribution >= 4 is 13.5 Å². The van der Waals surface area contributed by atoms with Gasteiger partial charge in [0.15, 0.2) is 0 Å². The summed E-state index contributed by atoms with van der Waals surface area (Å²) in [6.07, 6.45) is -14.6. The van der Waals surface area contributed by atoms with Crippen LogP contribution < -0.4 is 5.30 Å². The Balaban J connectivity index is 2.95. The average Bonchev–Trinajstić information content (AvgIpc) is 2.28. The second-order valence-corrected chi connectivity index (χ2v) is 5.72. The van der Waals surface area contributed by atoms with E-state index in [1.807, 2.05) is 0 Å². The van der Waals surface area contributed by atoms with Crippen LogP contribution in [0.15, 0.2) is 30.3 Å². The van der Waals surface area contributed by atoms with Crippen LogP contribution in [0.25, 0.3) is 0 Å². The van der Waals surface area contributed by atoms with E-state index in [0.29, 0.717) is 5.30 Å². The largest absolute Gasteiger partial charge is 0.423 e. The third-order valence-electron chi connectivity index (χ3n) is 2.16. The predicted octanol–water partition coefficient (Wildman–Crippen LogP) is 4.24. The number of rotatable bonds is 4. The third kappa shape index (κ3) is 4.66. The first-order valence-electron chi connectivity index (χ1n) is 5.29. The molecule has 0 aliphatic carbocycles. The summed E-state index contributed by atoms with van der Waals surface area (Å²) in [5, 5.41) is 0.346. The van der Waals surface area contributed by atoms with Crippen LogP contribution in [-0.4, -0.2) is 24.6 Å². The summed E-state index contributed by atoms with van der Waals surface area (Å²) in [6.45, 7) is 1.49. The highest BCUT2D eigenvalue weighted by atomic mass is 31.1. The van der Waals surface area contributed by atoms with E-state index < -0.39 is 26.6 Å². The molecule has 108 valence electrons. The van der Waals surface area contributed by atoms with Crippen molar-refractivity contribution in [1.82, 2.24) is 0 Å². The lowest BCUT2D eigenvalue weighted by molar-refractivity contribution is -0.298. The first kappa shape index (κ1) is 16.2. The maximum atomic E-state index is 12.4. The van der Waals surface area contributed by atoms with Gasteiger partial charge in [0.05, 0.1) is 8.15 Å². The van der Waals surface area contributed by atoms with Crippen molar-refractivity contribution in [3.8, 4) is 0 Å². The van der Waals surface area contributed by atoms with E-state index in [9.17, 15) is 26.3 Å². The summed E-state index contributed by atoms with van der Waals surface area (Å²) < 4.78 is 78.7. The van der Waals surface area contributed by atoms with E-state index in [-0.39, 0.29) is 6.16 Å². The maximum Gasteiger partial charge on any atom is 0.423 e. The van der Waals surface area contributed by atoms with Crippen LogP contribution >= 0.6 is 8.15 Å². The lowest BCUT2D eigenvalue weighted by Gasteiger charge is -2.27. The molecule has 19 heavy (non-hydrogen) atoms. The van der Waals surface area contributed by atoms with Crippen molar-refractivity contribution in [3.63, 3.8) is 0 Å². The van der Waals surface area contributed by atoms with Crippen LogP contribution in [0.3, 0.4) is 0 Å². The van der Waals surface area contributed by atoms with Crippen molar-refractivity contribution in [3.05, 3.63) is 30.3 Å². The van der Waals surface area contributed by atoms with E-state index in [4.69, 9.17) is 0 Å². The smallest absolute Gasteiger partial charge is 0.333 e. The second kappa shape index (κ2) is 6.09. The lowest BCUT2D eigenvalue weighted by Crippen LogP contribution is -2.43. The van der Waals surface area contributed by atoms with Crippen molar-refractivity contribution < 1.29 is 30.9 Å². The van der Waals surface area contributed by atoms with Crippen LogP contribution in [0.4, 0.5) is 26.3 Å². The van der Waals surface area contributed by atoms with Gasteiger partial charge in [-0.3, -0.25) is 0 Å². The van der Waals surface area contributed by atoms with Crippen molar-refractivity contribution in [2.24, 2.45) is 0 Å². The molecule has 1 aromatic rings. The van der Waals surface area contributed by atoms with Crippen molar-refractivity contribution in [1.29, 1.82) is 0 Å². The van der Waals surface area contributed by atoms with Crippen LogP contribution in [-0.2, 0) is 4.52 Å².